The maximum Gasteiger partial charge on any atom is 0.264 e. The predicted molar refractivity (Wildman–Crippen MR) is 87.6 cm³/mol. The van der Waals surface area contributed by atoms with Crippen LogP contribution in [0.3, 0.4) is 0 Å². The lowest BCUT2D eigenvalue weighted by Crippen LogP contribution is -2.31. The van der Waals surface area contributed by atoms with Crippen molar-refractivity contribution in [1.82, 2.24) is 0 Å². The van der Waals surface area contributed by atoms with Gasteiger partial charge in [0.1, 0.15) is 0 Å². The zero-order chi connectivity index (χ0) is 15.5. The molecule has 21 heavy (non-hydrogen) atoms. The van der Waals surface area contributed by atoms with E-state index < -0.39 is 10.0 Å². The van der Waals surface area contributed by atoms with Gasteiger partial charge in [0.15, 0.2) is 0 Å². The van der Waals surface area contributed by atoms with E-state index in [0.29, 0.717) is 15.7 Å². The molecule has 2 aromatic carbocycles. The molecule has 3 nitrogen and oxygen atoms in total. The first-order chi connectivity index (χ1) is 9.95. The molecule has 0 spiro atoms. The molecular weight excluding hydrogens is 329 g/mol. The summed E-state index contributed by atoms with van der Waals surface area (Å²) < 4.78 is 26.7. The van der Waals surface area contributed by atoms with Crippen LogP contribution in [-0.4, -0.2) is 15.0 Å². The normalized spacial score (nSPS) is 11.1. The summed E-state index contributed by atoms with van der Waals surface area (Å²) in [4.78, 5) is 0.197. The number of hydrogen-bond acceptors (Lipinski definition) is 2. The van der Waals surface area contributed by atoms with Gasteiger partial charge in [0.05, 0.1) is 17.1 Å². The van der Waals surface area contributed by atoms with Gasteiger partial charge in [-0.15, -0.1) is 6.58 Å². The molecule has 0 unspecified atom stereocenters. The molecule has 0 aliphatic rings. The highest BCUT2D eigenvalue weighted by molar-refractivity contribution is 7.92. The Labute approximate surface area is 134 Å². The fraction of sp³-hybridized carbons (Fsp3) is 0.0667. The van der Waals surface area contributed by atoms with E-state index >= 15 is 0 Å². The minimum atomic E-state index is -3.70. The molecule has 0 aliphatic carbocycles. The first-order valence-corrected chi connectivity index (χ1v) is 8.29. The zero-order valence-corrected chi connectivity index (χ0v) is 13.4. The molecule has 2 aromatic rings. The van der Waals surface area contributed by atoms with E-state index in [1.54, 1.807) is 36.4 Å². The van der Waals surface area contributed by atoms with E-state index in [2.05, 4.69) is 6.58 Å². The molecule has 0 fully saturated rings. The van der Waals surface area contributed by atoms with Gasteiger partial charge in [-0.25, -0.2) is 8.42 Å². The van der Waals surface area contributed by atoms with Crippen molar-refractivity contribution in [3.05, 3.63) is 71.2 Å². The topological polar surface area (TPSA) is 37.4 Å². The Bertz CT molecular complexity index is 725. The second-order valence-electron chi connectivity index (χ2n) is 4.27. The van der Waals surface area contributed by atoms with Crippen molar-refractivity contribution in [1.29, 1.82) is 0 Å². The fourth-order valence-electron chi connectivity index (χ4n) is 1.86. The summed E-state index contributed by atoms with van der Waals surface area (Å²) in [5.41, 5.74) is 0.399. The Morgan fingerprint density at radius 3 is 2.14 bits per heavy atom. The van der Waals surface area contributed by atoms with Gasteiger partial charge in [-0.3, -0.25) is 4.31 Å². The lowest BCUT2D eigenvalue weighted by atomic mass is 10.3. The molecule has 6 heteroatoms. The average Bonchev–Trinajstić information content (AvgIpc) is 2.44. The lowest BCUT2D eigenvalue weighted by molar-refractivity contribution is 0.593. The Kier molecular flexibility index (Phi) is 4.93. The van der Waals surface area contributed by atoms with Crippen LogP contribution in [0.1, 0.15) is 0 Å². The number of anilines is 1. The highest BCUT2D eigenvalue weighted by atomic mass is 35.5. The number of halogens is 2. The molecule has 0 radical (unpaired) electrons. The van der Waals surface area contributed by atoms with Crippen LogP contribution in [0.5, 0.6) is 0 Å². The molecule has 0 amide bonds. The lowest BCUT2D eigenvalue weighted by Gasteiger charge is -2.23. The van der Waals surface area contributed by atoms with E-state index in [-0.39, 0.29) is 11.4 Å². The van der Waals surface area contributed by atoms with Crippen molar-refractivity contribution in [2.24, 2.45) is 0 Å². The van der Waals surface area contributed by atoms with Gasteiger partial charge in [-0.1, -0.05) is 47.5 Å². The van der Waals surface area contributed by atoms with Crippen LogP contribution in [0.2, 0.25) is 10.0 Å². The predicted octanol–water partition coefficient (Wildman–Crippen LogP) is 4.37. The van der Waals surface area contributed by atoms with Gasteiger partial charge in [0.2, 0.25) is 0 Å². The standard InChI is InChI=1S/C15H13Cl2NO2S/c1-2-8-18(14-10-12(16)9-13(17)11-14)21(19,20)15-6-4-3-5-7-15/h2-7,9-11H,1,8H2. The first-order valence-electron chi connectivity index (χ1n) is 6.10. The SMILES string of the molecule is C=CCN(c1cc(Cl)cc(Cl)c1)S(=O)(=O)c1ccccc1. The Morgan fingerprint density at radius 1 is 1.05 bits per heavy atom. The Balaban J connectivity index is 2.55. The second-order valence-corrected chi connectivity index (χ2v) is 7.00. The smallest absolute Gasteiger partial charge is 0.262 e. The maximum absolute atomic E-state index is 12.7. The number of nitrogens with zero attached hydrogens (tertiary/aromatic N) is 1. The summed E-state index contributed by atoms with van der Waals surface area (Å²) in [7, 11) is -3.70. The van der Waals surface area contributed by atoms with E-state index in [4.69, 9.17) is 23.2 Å². The molecular formula is C15H13Cl2NO2S. The third-order valence-corrected chi connectivity index (χ3v) is 5.01. The van der Waals surface area contributed by atoms with Gasteiger partial charge >= 0.3 is 0 Å². The molecule has 0 aromatic heterocycles. The van der Waals surface area contributed by atoms with Crippen LogP contribution < -0.4 is 4.31 Å². The largest absolute Gasteiger partial charge is 0.264 e. The summed E-state index contributed by atoms with van der Waals surface area (Å²) in [5, 5.41) is 0.740. The molecule has 0 atom stereocenters. The summed E-state index contributed by atoms with van der Waals surface area (Å²) in [6, 6.07) is 12.8. The molecule has 2 rings (SSSR count). The van der Waals surface area contributed by atoms with Crippen LogP contribution >= 0.6 is 23.2 Å². The van der Waals surface area contributed by atoms with Crippen molar-refractivity contribution >= 4 is 38.9 Å². The van der Waals surface area contributed by atoms with Gasteiger partial charge in [-0.05, 0) is 30.3 Å². The van der Waals surface area contributed by atoms with E-state index in [0.717, 1.165) is 0 Å². The first kappa shape index (κ1) is 15.9. The van der Waals surface area contributed by atoms with Crippen molar-refractivity contribution in [2.45, 2.75) is 4.90 Å². The summed E-state index contributed by atoms with van der Waals surface area (Å²) in [6.07, 6.45) is 1.51. The van der Waals surface area contributed by atoms with E-state index in [1.165, 1.54) is 22.5 Å². The van der Waals surface area contributed by atoms with Crippen LogP contribution in [0.4, 0.5) is 5.69 Å². The molecule has 0 saturated heterocycles. The van der Waals surface area contributed by atoms with Gasteiger partial charge in [0.25, 0.3) is 10.0 Å². The third kappa shape index (κ3) is 3.59. The van der Waals surface area contributed by atoms with Gasteiger partial charge < -0.3 is 0 Å². The minimum Gasteiger partial charge on any atom is -0.262 e. The van der Waals surface area contributed by atoms with Crippen LogP contribution in [0.25, 0.3) is 0 Å². The Morgan fingerprint density at radius 2 is 1.62 bits per heavy atom. The highest BCUT2D eigenvalue weighted by Crippen LogP contribution is 2.29. The second kappa shape index (κ2) is 6.52. The minimum absolute atomic E-state index is 0.119. The number of rotatable bonds is 5. The zero-order valence-electron chi connectivity index (χ0n) is 11.0. The number of hydrogen-bond donors (Lipinski definition) is 0. The maximum atomic E-state index is 12.7. The van der Waals surface area contributed by atoms with Crippen molar-refractivity contribution in [3.8, 4) is 0 Å². The van der Waals surface area contributed by atoms with Crippen LogP contribution in [0, 0.1) is 0 Å². The highest BCUT2D eigenvalue weighted by Gasteiger charge is 2.24. The summed E-state index contributed by atoms with van der Waals surface area (Å²) in [6.45, 7) is 3.72. The summed E-state index contributed by atoms with van der Waals surface area (Å²) >= 11 is 11.9. The van der Waals surface area contributed by atoms with Crippen molar-refractivity contribution in [2.75, 3.05) is 10.8 Å². The fourth-order valence-corrected chi connectivity index (χ4v) is 3.82. The van der Waals surface area contributed by atoms with Gasteiger partial charge in [-0.2, -0.15) is 0 Å². The monoisotopic (exact) mass is 341 g/mol. The average molecular weight is 342 g/mol. The number of benzene rings is 2. The van der Waals surface area contributed by atoms with Crippen LogP contribution in [-0.2, 0) is 10.0 Å². The quantitative estimate of drug-likeness (QED) is 0.757. The van der Waals surface area contributed by atoms with Gasteiger partial charge in [0, 0.05) is 10.0 Å². The van der Waals surface area contributed by atoms with E-state index in [9.17, 15) is 8.42 Å². The molecule has 0 heterocycles. The van der Waals surface area contributed by atoms with Crippen LogP contribution in [0.15, 0.2) is 66.1 Å². The Hall–Kier alpha value is -1.49. The third-order valence-electron chi connectivity index (χ3n) is 2.76. The molecule has 0 saturated carbocycles. The molecule has 0 bridgehead atoms. The molecule has 0 N–H and O–H groups in total. The van der Waals surface area contributed by atoms with Crippen molar-refractivity contribution < 1.29 is 8.42 Å². The molecule has 0 aliphatic heterocycles. The number of sulfonamides is 1. The van der Waals surface area contributed by atoms with E-state index in [1.807, 2.05) is 0 Å². The molecule has 110 valence electrons. The summed E-state index contributed by atoms with van der Waals surface area (Å²) in [5.74, 6) is 0. The van der Waals surface area contributed by atoms with Crippen molar-refractivity contribution in [3.63, 3.8) is 0 Å².